The largest absolute Gasteiger partial charge is 0.383 e. The second-order valence-corrected chi connectivity index (χ2v) is 3.65. The number of tetrazole rings is 1. The second kappa shape index (κ2) is 6.18. The number of halogens is 1. The Morgan fingerprint density at radius 1 is 1.33 bits per heavy atom. The van der Waals surface area contributed by atoms with Crippen molar-refractivity contribution in [2.75, 3.05) is 20.3 Å². The summed E-state index contributed by atoms with van der Waals surface area (Å²) in [6.07, 6.45) is 0. The highest BCUT2D eigenvalue weighted by molar-refractivity contribution is 5.31. The fourth-order valence-electron chi connectivity index (χ4n) is 1.47. The predicted octanol–water partition coefficient (Wildman–Crippen LogP) is 0.537. The quantitative estimate of drug-likeness (QED) is 0.759. The Morgan fingerprint density at radius 3 is 2.83 bits per heavy atom. The maximum Gasteiger partial charge on any atom is 0.170 e. The van der Waals surface area contributed by atoms with Crippen molar-refractivity contribution in [3.8, 4) is 5.69 Å². The summed E-state index contributed by atoms with van der Waals surface area (Å²) in [5.74, 6) is 0.379. The number of hydrogen-bond acceptors (Lipinski definition) is 5. The molecule has 2 aromatic rings. The monoisotopic (exact) mass is 251 g/mol. The summed E-state index contributed by atoms with van der Waals surface area (Å²) >= 11 is 0. The molecule has 0 unspecified atom stereocenters. The van der Waals surface area contributed by atoms with Crippen LogP contribution in [0.2, 0.25) is 0 Å². The van der Waals surface area contributed by atoms with E-state index in [0.29, 0.717) is 25.5 Å². The lowest BCUT2D eigenvalue weighted by Crippen LogP contribution is -2.21. The number of aromatic nitrogens is 4. The van der Waals surface area contributed by atoms with Crippen LogP contribution < -0.4 is 5.32 Å². The standard InChI is InChI=1S/C11H14FN5O/c1-18-7-6-13-8-11-14-15-16-17(11)10-4-2-9(12)3-5-10/h2-5,13H,6-8H2,1H3. The van der Waals surface area contributed by atoms with E-state index in [0.717, 1.165) is 5.69 Å². The van der Waals surface area contributed by atoms with E-state index in [1.54, 1.807) is 23.9 Å². The third-order valence-electron chi connectivity index (χ3n) is 2.37. The molecule has 0 radical (unpaired) electrons. The van der Waals surface area contributed by atoms with Crippen molar-refractivity contribution in [1.29, 1.82) is 0 Å². The molecule has 0 fully saturated rings. The van der Waals surface area contributed by atoms with Crippen LogP contribution in [0, 0.1) is 5.82 Å². The van der Waals surface area contributed by atoms with Gasteiger partial charge in [0.25, 0.3) is 0 Å². The van der Waals surface area contributed by atoms with E-state index in [1.807, 2.05) is 0 Å². The summed E-state index contributed by atoms with van der Waals surface area (Å²) in [5.41, 5.74) is 0.727. The van der Waals surface area contributed by atoms with Gasteiger partial charge in [0.05, 0.1) is 18.8 Å². The van der Waals surface area contributed by atoms with E-state index in [1.165, 1.54) is 12.1 Å². The third-order valence-corrected chi connectivity index (χ3v) is 2.37. The number of benzene rings is 1. The van der Waals surface area contributed by atoms with E-state index < -0.39 is 0 Å². The van der Waals surface area contributed by atoms with Gasteiger partial charge < -0.3 is 10.1 Å². The molecule has 0 saturated carbocycles. The molecule has 1 N–H and O–H groups in total. The van der Waals surface area contributed by atoms with Gasteiger partial charge in [-0.25, -0.2) is 4.39 Å². The van der Waals surface area contributed by atoms with Gasteiger partial charge in [-0.05, 0) is 34.7 Å². The molecule has 1 aromatic carbocycles. The lowest BCUT2D eigenvalue weighted by atomic mass is 10.3. The van der Waals surface area contributed by atoms with E-state index in [4.69, 9.17) is 4.74 Å². The van der Waals surface area contributed by atoms with Gasteiger partial charge >= 0.3 is 0 Å². The number of hydrogen-bond donors (Lipinski definition) is 1. The van der Waals surface area contributed by atoms with Crippen molar-refractivity contribution in [2.45, 2.75) is 6.54 Å². The van der Waals surface area contributed by atoms with Gasteiger partial charge in [-0.15, -0.1) is 5.10 Å². The Bertz CT molecular complexity index is 484. The zero-order chi connectivity index (χ0) is 12.8. The first-order valence-corrected chi connectivity index (χ1v) is 5.54. The first-order chi connectivity index (χ1) is 8.81. The molecule has 18 heavy (non-hydrogen) atoms. The number of nitrogens with one attached hydrogen (secondary N) is 1. The second-order valence-electron chi connectivity index (χ2n) is 3.65. The molecule has 6 nitrogen and oxygen atoms in total. The van der Waals surface area contributed by atoms with Crippen LogP contribution in [0.5, 0.6) is 0 Å². The van der Waals surface area contributed by atoms with E-state index in [2.05, 4.69) is 20.8 Å². The van der Waals surface area contributed by atoms with E-state index >= 15 is 0 Å². The Morgan fingerprint density at radius 2 is 2.11 bits per heavy atom. The van der Waals surface area contributed by atoms with Crippen LogP contribution in [-0.4, -0.2) is 40.5 Å². The fourth-order valence-corrected chi connectivity index (χ4v) is 1.47. The van der Waals surface area contributed by atoms with Crippen LogP contribution in [-0.2, 0) is 11.3 Å². The molecule has 0 aliphatic carbocycles. The molecule has 96 valence electrons. The number of nitrogens with zero attached hydrogens (tertiary/aromatic N) is 4. The number of methoxy groups -OCH3 is 1. The molecule has 0 atom stereocenters. The van der Waals surface area contributed by atoms with Crippen molar-refractivity contribution >= 4 is 0 Å². The molecular formula is C11H14FN5O. The lowest BCUT2D eigenvalue weighted by molar-refractivity contribution is 0.199. The number of ether oxygens (including phenoxy) is 1. The normalized spacial score (nSPS) is 10.8. The van der Waals surface area contributed by atoms with Gasteiger partial charge in [0.1, 0.15) is 5.82 Å². The number of rotatable bonds is 6. The Balaban J connectivity index is 2.05. The van der Waals surface area contributed by atoms with Crippen LogP contribution in [0.3, 0.4) is 0 Å². The van der Waals surface area contributed by atoms with Gasteiger partial charge in [-0.2, -0.15) is 4.68 Å². The lowest BCUT2D eigenvalue weighted by Gasteiger charge is -2.05. The Hall–Kier alpha value is -1.86. The average Bonchev–Trinajstić information content (AvgIpc) is 2.84. The first kappa shape index (κ1) is 12.6. The van der Waals surface area contributed by atoms with E-state index in [9.17, 15) is 4.39 Å². The van der Waals surface area contributed by atoms with Gasteiger partial charge in [-0.1, -0.05) is 0 Å². The van der Waals surface area contributed by atoms with Crippen LogP contribution in [0.1, 0.15) is 5.82 Å². The fraction of sp³-hybridized carbons (Fsp3) is 0.364. The summed E-state index contributed by atoms with van der Waals surface area (Å²) in [6, 6.07) is 6.01. The smallest absolute Gasteiger partial charge is 0.170 e. The van der Waals surface area contributed by atoms with E-state index in [-0.39, 0.29) is 5.82 Å². The average molecular weight is 251 g/mol. The molecule has 2 rings (SSSR count). The summed E-state index contributed by atoms with van der Waals surface area (Å²) in [5, 5.41) is 14.6. The van der Waals surface area contributed by atoms with Gasteiger partial charge in [0.2, 0.25) is 0 Å². The highest BCUT2D eigenvalue weighted by Crippen LogP contribution is 2.08. The Kier molecular flexibility index (Phi) is 4.32. The maximum atomic E-state index is 12.8. The highest BCUT2D eigenvalue weighted by Gasteiger charge is 2.07. The first-order valence-electron chi connectivity index (χ1n) is 5.54. The van der Waals surface area contributed by atoms with Crippen molar-refractivity contribution in [3.05, 3.63) is 35.9 Å². The van der Waals surface area contributed by atoms with Crippen LogP contribution in [0.4, 0.5) is 4.39 Å². The Labute approximate surface area is 104 Å². The minimum atomic E-state index is -0.286. The molecule has 0 amide bonds. The molecule has 0 aliphatic heterocycles. The maximum absolute atomic E-state index is 12.8. The van der Waals surface area contributed by atoms with Crippen molar-refractivity contribution < 1.29 is 9.13 Å². The predicted molar refractivity (Wildman–Crippen MR) is 62.7 cm³/mol. The summed E-state index contributed by atoms with van der Waals surface area (Å²) < 4.78 is 19.3. The topological polar surface area (TPSA) is 64.9 Å². The van der Waals surface area contributed by atoms with Gasteiger partial charge in [-0.3, -0.25) is 0 Å². The van der Waals surface area contributed by atoms with Crippen LogP contribution >= 0.6 is 0 Å². The van der Waals surface area contributed by atoms with Crippen molar-refractivity contribution in [2.24, 2.45) is 0 Å². The minimum Gasteiger partial charge on any atom is -0.383 e. The summed E-state index contributed by atoms with van der Waals surface area (Å²) in [4.78, 5) is 0. The minimum absolute atomic E-state index is 0.286. The molecule has 7 heteroatoms. The molecule has 0 bridgehead atoms. The zero-order valence-corrected chi connectivity index (χ0v) is 10.0. The van der Waals surface area contributed by atoms with Crippen molar-refractivity contribution in [1.82, 2.24) is 25.5 Å². The van der Waals surface area contributed by atoms with Crippen LogP contribution in [0.25, 0.3) is 5.69 Å². The van der Waals surface area contributed by atoms with Gasteiger partial charge in [0.15, 0.2) is 5.82 Å². The molecule has 0 saturated heterocycles. The third kappa shape index (κ3) is 3.08. The van der Waals surface area contributed by atoms with Crippen LogP contribution in [0.15, 0.2) is 24.3 Å². The van der Waals surface area contributed by atoms with Gasteiger partial charge in [0, 0.05) is 13.7 Å². The highest BCUT2D eigenvalue weighted by atomic mass is 19.1. The SMILES string of the molecule is COCCNCc1nnnn1-c1ccc(F)cc1. The molecular weight excluding hydrogens is 237 g/mol. The van der Waals surface area contributed by atoms with Crippen molar-refractivity contribution in [3.63, 3.8) is 0 Å². The summed E-state index contributed by atoms with van der Waals surface area (Å²) in [7, 11) is 1.64. The molecule has 1 heterocycles. The zero-order valence-electron chi connectivity index (χ0n) is 10.0. The molecule has 1 aromatic heterocycles. The summed E-state index contributed by atoms with van der Waals surface area (Å²) in [6.45, 7) is 1.86. The molecule has 0 spiro atoms. The molecule has 0 aliphatic rings.